The molecule has 0 saturated heterocycles. The van der Waals surface area contributed by atoms with Crippen molar-refractivity contribution in [2.24, 2.45) is 11.1 Å². The lowest BCUT2D eigenvalue weighted by Crippen LogP contribution is -2.46. The molecule has 1 heterocycles. The van der Waals surface area contributed by atoms with E-state index in [4.69, 9.17) is 15.2 Å². The quantitative estimate of drug-likeness (QED) is 0.705. The number of rotatable bonds is 7. The number of fused-ring (bicyclic) bond motifs is 1. The molecule has 0 atom stereocenters. The molecule has 3 N–H and O–H groups in total. The summed E-state index contributed by atoms with van der Waals surface area (Å²) in [5.41, 5.74) is 5.70. The molecule has 1 fully saturated rings. The Labute approximate surface area is 176 Å². The molecule has 1 aliphatic rings. The number of hydrogen-bond acceptors (Lipinski definition) is 6. The molecule has 0 bridgehead atoms. The van der Waals surface area contributed by atoms with Gasteiger partial charge in [-0.3, -0.25) is 9.59 Å². The standard InChI is InChI=1S/C20H28N4O4.ClH/c1-4-24(19(26)20(12-21)7-5-6-8-20)11-17-22-14-10-16(28-3)15(27-2)9-13(14)18(25)23-17;/h9-10H,4-8,11-12,21H2,1-3H3,(H,22,23,25);1H. The lowest BCUT2D eigenvalue weighted by Gasteiger charge is -2.32. The summed E-state index contributed by atoms with van der Waals surface area (Å²) in [6.45, 7) is 3.02. The van der Waals surface area contributed by atoms with Gasteiger partial charge in [0.1, 0.15) is 5.82 Å². The predicted octanol–water partition coefficient (Wildman–Crippen LogP) is 2.23. The fourth-order valence-corrected chi connectivity index (χ4v) is 3.99. The first kappa shape index (κ1) is 23.0. The van der Waals surface area contributed by atoms with Crippen LogP contribution >= 0.6 is 12.4 Å². The van der Waals surface area contributed by atoms with Gasteiger partial charge in [-0.05, 0) is 25.8 Å². The summed E-state index contributed by atoms with van der Waals surface area (Å²) < 4.78 is 10.6. The van der Waals surface area contributed by atoms with Gasteiger partial charge in [0.2, 0.25) is 5.91 Å². The Morgan fingerprint density at radius 3 is 2.41 bits per heavy atom. The molecule has 0 spiro atoms. The third kappa shape index (κ3) is 4.33. The van der Waals surface area contributed by atoms with Gasteiger partial charge in [0, 0.05) is 19.2 Å². The molecule has 8 nitrogen and oxygen atoms in total. The first-order valence-corrected chi connectivity index (χ1v) is 9.62. The number of H-pyrrole nitrogens is 1. The van der Waals surface area contributed by atoms with Crippen molar-refractivity contribution >= 4 is 29.2 Å². The van der Waals surface area contributed by atoms with Gasteiger partial charge in [0.05, 0.1) is 37.1 Å². The summed E-state index contributed by atoms with van der Waals surface area (Å²) in [5, 5.41) is 0.407. The third-order valence-electron chi connectivity index (χ3n) is 5.67. The number of benzene rings is 1. The first-order chi connectivity index (χ1) is 13.5. The third-order valence-corrected chi connectivity index (χ3v) is 5.67. The minimum Gasteiger partial charge on any atom is -0.493 e. The monoisotopic (exact) mass is 424 g/mol. The molecule has 1 aromatic carbocycles. The van der Waals surface area contributed by atoms with E-state index in [-0.39, 0.29) is 30.4 Å². The van der Waals surface area contributed by atoms with Gasteiger partial charge >= 0.3 is 0 Å². The van der Waals surface area contributed by atoms with Crippen LogP contribution in [-0.2, 0) is 11.3 Å². The largest absolute Gasteiger partial charge is 0.493 e. The highest BCUT2D eigenvalue weighted by molar-refractivity contribution is 5.85. The van der Waals surface area contributed by atoms with Gasteiger partial charge in [-0.1, -0.05) is 12.8 Å². The van der Waals surface area contributed by atoms with Crippen LogP contribution in [0.1, 0.15) is 38.4 Å². The van der Waals surface area contributed by atoms with Gasteiger partial charge < -0.3 is 25.1 Å². The van der Waals surface area contributed by atoms with Crippen molar-refractivity contribution < 1.29 is 14.3 Å². The number of halogens is 1. The zero-order valence-corrected chi connectivity index (χ0v) is 17.9. The summed E-state index contributed by atoms with van der Waals surface area (Å²) in [6, 6.07) is 3.28. The Hall–Kier alpha value is -2.32. The molecule has 1 saturated carbocycles. The summed E-state index contributed by atoms with van der Waals surface area (Å²) in [5.74, 6) is 1.44. The number of amides is 1. The minimum atomic E-state index is -0.482. The van der Waals surface area contributed by atoms with Crippen molar-refractivity contribution in [2.45, 2.75) is 39.2 Å². The molecule has 3 rings (SSSR count). The second-order valence-corrected chi connectivity index (χ2v) is 7.25. The van der Waals surface area contributed by atoms with Crippen LogP contribution < -0.4 is 20.8 Å². The number of aromatic amines is 1. The molecule has 0 radical (unpaired) electrons. The molecule has 0 unspecified atom stereocenters. The highest BCUT2D eigenvalue weighted by atomic mass is 35.5. The molecule has 9 heteroatoms. The number of nitrogens with one attached hydrogen (secondary N) is 1. The fraction of sp³-hybridized carbons (Fsp3) is 0.550. The summed E-state index contributed by atoms with van der Waals surface area (Å²) in [7, 11) is 3.05. The minimum absolute atomic E-state index is 0. The Morgan fingerprint density at radius 1 is 1.24 bits per heavy atom. The Balaban J connectivity index is 0.00000300. The van der Waals surface area contributed by atoms with Gasteiger partial charge in [0.25, 0.3) is 5.56 Å². The number of ether oxygens (including phenoxy) is 2. The van der Waals surface area contributed by atoms with Crippen LogP contribution in [0.3, 0.4) is 0 Å². The average molecular weight is 425 g/mol. The molecule has 2 aromatic rings. The lowest BCUT2D eigenvalue weighted by atomic mass is 9.84. The predicted molar refractivity (Wildman–Crippen MR) is 114 cm³/mol. The van der Waals surface area contributed by atoms with Crippen LogP contribution in [0.5, 0.6) is 11.5 Å². The SMILES string of the molecule is CCN(Cc1nc2cc(OC)c(OC)cc2c(=O)[nH]1)C(=O)C1(CN)CCCC1.Cl. The Morgan fingerprint density at radius 2 is 1.86 bits per heavy atom. The van der Waals surface area contributed by atoms with Crippen LogP contribution in [-0.4, -0.2) is 48.1 Å². The summed E-state index contributed by atoms with van der Waals surface area (Å²) in [6.07, 6.45) is 3.68. The number of carbonyl (C=O) groups excluding carboxylic acids is 1. The molecule has 160 valence electrons. The number of methoxy groups -OCH3 is 2. The van der Waals surface area contributed by atoms with Crippen molar-refractivity contribution in [3.05, 3.63) is 28.3 Å². The van der Waals surface area contributed by atoms with Crippen LogP contribution in [0.4, 0.5) is 0 Å². The second-order valence-electron chi connectivity index (χ2n) is 7.25. The van der Waals surface area contributed by atoms with Crippen LogP contribution in [0, 0.1) is 5.41 Å². The molecule has 1 aromatic heterocycles. The maximum atomic E-state index is 13.2. The highest BCUT2D eigenvalue weighted by Gasteiger charge is 2.42. The Bertz CT molecular complexity index is 925. The van der Waals surface area contributed by atoms with Gasteiger partial charge in [-0.25, -0.2) is 4.98 Å². The average Bonchev–Trinajstić information content (AvgIpc) is 3.21. The second kappa shape index (κ2) is 9.45. The van der Waals surface area contributed by atoms with Crippen molar-refractivity contribution in [3.8, 4) is 11.5 Å². The molecule has 29 heavy (non-hydrogen) atoms. The van der Waals surface area contributed by atoms with Crippen molar-refractivity contribution in [1.82, 2.24) is 14.9 Å². The summed E-state index contributed by atoms with van der Waals surface area (Å²) in [4.78, 5) is 34.8. The van der Waals surface area contributed by atoms with Gasteiger partial charge in [0.15, 0.2) is 11.5 Å². The number of nitrogens with zero attached hydrogens (tertiary/aromatic N) is 2. The normalized spacial score (nSPS) is 15.0. The molecule has 0 aliphatic heterocycles. The molecular formula is C20H29ClN4O4. The van der Waals surface area contributed by atoms with Gasteiger partial charge in [-0.2, -0.15) is 0 Å². The van der Waals surface area contributed by atoms with E-state index in [0.717, 1.165) is 25.7 Å². The van der Waals surface area contributed by atoms with Crippen LogP contribution in [0.2, 0.25) is 0 Å². The van der Waals surface area contributed by atoms with Crippen LogP contribution in [0.25, 0.3) is 10.9 Å². The first-order valence-electron chi connectivity index (χ1n) is 9.62. The zero-order chi connectivity index (χ0) is 20.3. The maximum Gasteiger partial charge on any atom is 0.258 e. The lowest BCUT2D eigenvalue weighted by molar-refractivity contribution is -0.142. The fourth-order valence-electron chi connectivity index (χ4n) is 3.99. The molecule has 1 amide bonds. The topological polar surface area (TPSA) is 111 Å². The van der Waals surface area contributed by atoms with E-state index in [1.807, 2.05) is 6.92 Å². The van der Waals surface area contributed by atoms with Gasteiger partial charge in [-0.15, -0.1) is 12.4 Å². The van der Waals surface area contributed by atoms with E-state index in [1.165, 1.54) is 14.2 Å². The van der Waals surface area contributed by atoms with Crippen LogP contribution in [0.15, 0.2) is 16.9 Å². The zero-order valence-electron chi connectivity index (χ0n) is 17.1. The smallest absolute Gasteiger partial charge is 0.258 e. The van der Waals surface area contributed by atoms with E-state index in [0.29, 0.717) is 41.3 Å². The maximum absolute atomic E-state index is 13.2. The molecular weight excluding hydrogens is 396 g/mol. The number of nitrogens with two attached hydrogens (primary N) is 1. The molecule has 1 aliphatic carbocycles. The van der Waals surface area contributed by atoms with E-state index in [1.54, 1.807) is 17.0 Å². The Kier molecular flexibility index (Phi) is 7.48. The van der Waals surface area contributed by atoms with E-state index in [9.17, 15) is 9.59 Å². The number of aromatic nitrogens is 2. The van der Waals surface area contributed by atoms with E-state index < -0.39 is 5.41 Å². The highest BCUT2D eigenvalue weighted by Crippen LogP contribution is 2.39. The van der Waals surface area contributed by atoms with Crippen molar-refractivity contribution in [2.75, 3.05) is 27.3 Å². The number of hydrogen-bond donors (Lipinski definition) is 2. The van der Waals surface area contributed by atoms with E-state index in [2.05, 4.69) is 9.97 Å². The van der Waals surface area contributed by atoms with Crippen molar-refractivity contribution in [1.29, 1.82) is 0 Å². The number of carbonyl (C=O) groups is 1. The summed E-state index contributed by atoms with van der Waals surface area (Å²) >= 11 is 0. The van der Waals surface area contributed by atoms with E-state index >= 15 is 0 Å². The van der Waals surface area contributed by atoms with Crippen molar-refractivity contribution in [3.63, 3.8) is 0 Å².